The fraction of sp³-hybridized carbons (Fsp3) is 0.176. The number of ether oxygens (including phenoxy) is 2. The summed E-state index contributed by atoms with van der Waals surface area (Å²) >= 11 is 0. The predicted molar refractivity (Wildman–Crippen MR) is 82.2 cm³/mol. The Balaban J connectivity index is 1.91. The molecule has 1 amide bonds. The smallest absolute Gasteiger partial charge is 0.255 e. The SMILES string of the molecule is Cc1ccc(/C=C2\Oc3c(ccc(OCC(N)=O)c3C)C2=O)o1. The number of hydrogen-bond donors (Lipinski definition) is 1. The summed E-state index contributed by atoms with van der Waals surface area (Å²) in [4.78, 5) is 23.2. The number of Topliss-reactive ketones (excluding diaryl/α,β-unsaturated/α-hetero) is 1. The van der Waals surface area contributed by atoms with Crippen molar-refractivity contribution in [2.75, 3.05) is 6.61 Å². The largest absolute Gasteiger partial charge is 0.483 e. The average Bonchev–Trinajstić information content (AvgIpc) is 3.04. The van der Waals surface area contributed by atoms with Crippen molar-refractivity contribution in [3.8, 4) is 11.5 Å². The number of carbonyl (C=O) groups excluding carboxylic acids is 2. The fourth-order valence-corrected chi connectivity index (χ4v) is 2.33. The number of benzene rings is 1. The van der Waals surface area contributed by atoms with Crippen LogP contribution in [0, 0.1) is 13.8 Å². The van der Waals surface area contributed by atoms with Crippen LogP contribution in [0.2, 0.25) is 0 Å². The number of primary amides is 1. The van der Waals surface area contributed by atoms with Crippen LogP contribution in [0.5, 0.6) is 11.5 Å². The number of rotatable bonds is 4. The van der Waals surface area contributed by atoms with Gasteiger partial charge in [0.25, 0.3) is 5.91 Å². The third kappa shape index (κ3) is 2.83. The van der Waals surface area contributed by atoms with Crippen LogP contribution in [0.25, 0.3) is 6.08 Å². The molecule has 2 N–H and O–H groups in total. The quantitative estimate of drug-likeness (QED) is 0.875. The Morgan fingerprint density at radius 3 is 2.70 bits per heavy atom. The van der Waals surface area contributed by atoms with Gasteiger partial charge in [-0.15, -0.1) is 0 Å². The van der Waals surface area contributed by atoms with Gasteiger partial charge in [0.15, 0.2) is 12.4 Å². The molecule has 23 heavy (non-hydrogen) atoms. The van der Waals surface area contributed by atoms with E-state index in [2.05, 4.69) is 0 Å². The summed E-state index contributed by atoms with van der Waals surface area (Å²) in [5.41, 5.74) is 6.15. The van der Waals surface area contributed by atoms with Gasteiger partial charge in [0.05, 0.1) is 5.56 Å². The Bertz CT molecular complexity index is 832. The highest BCUT2D eigenvalue weighted by atomic mass is 16.5. The molecule has 0 saturated carbocycles. The Morgan fingerprint density at radius 1 is 1.26 bits per heavy atom. The fourth-order valence-electron chi connectivity index (χ4n) is 2.33. The molecule has 2 heterocycles. The van der Waals surface area contributed by atoms with Crippen molar-refractivity contribution in [3.05, 3.63) is 52.7 Å². The van der Waals surface area contributed by atoms with Crippen LogP contribution < -0.4 is 15.2 Å². The molecule has 2 aromatic rings. The van der Waals surface area contributed by atoms with E-state index in [0.717, 1.165) is 5.76 Å². The number of aryl methyl sites for hydroxylation is 1. The van der Waals surface area contributed by atoms with E-state index in [1.54, 1.807) is 37.3 Å². The van der Waals surface area contributed by atoms with E-state index >= 15 is 0 Å². The number of carbonyl (C=O) groups is 2. The zero-order valence-electron chi connectivity index (χ0n) is 12.7. The van der Waals surface area contributed by atoms with Crippen molar-refractivity contribution < 1.29 is 23.5 Å². The Hall–Kier alpha value is -3.02. The minimum absolute atomic E-state index is 0.185. The Kier molecular flexibility index (Phi) is 3.65. The normalized spacial score (nSPS) is 14.7. The van der Waals surface area contributed by atoms with Crippen molar-refractivity contribution in [1.82, 2.24) is 0 Å². The molecule has 6 heteroatoms. The molecular weight excluding hydrogens is 298 g/mol. The highest BCUT2D eigenvalue weighted by Crippen LogP contribution is 2.39. The van der Waals surface area contributed by atoms with E-state index in [4.69, 9.17) is 19.6 Å². The van der Waals surface area contributed by atoms with Crippen LogP contribution in [0.15, 0.2) is 34.4 Å². The first-order chi connectivity index (χ1) is 11.0. The van der Waals surface area contributed by atoms with Gasteiger partial charge in [0.2, 0.25) is 5.78 Å². The highest BCUT2D eigenvalue weighted by molar-refractivity contribution is 6.14. The third-order valence-corrected chi connectivity index (χ3v) is 3.44. The molecule has 0 fully saturated rings. The van der Waals surface area contributed by atoms with Gasteiger partial charge in [-0.2, -0.15) is 0 Å². The number of ketones is 1. The van der Waals surface area contributed by atoms with E-state index in [0.29, 0.717) is 28.4 Å². The van der Waals surface area contributed by atoms with Crippen molar-refractivity contribution >= 4 is 17.8 Å². The molecular formula is C17H15NO5. The molecule has 0 atom stereocenters. The lowest BCUT2D eigenvalue weighted by Crippen LogP contribution is -2.20. The van der Waals surface area contributed by atoms with E-state index in [-0.39, 0.29) is 18.1 Å². The predicted octanol–water partition coefficient (Wildman–Crippen LogP) is 2.38. The number of furan rings is 1. The lowest BCUT2D eigenvalue weighted by atomic mass is 10.1. The molecule has 1 aromatic carbocycles. The van der Waals surface area contributed by atoms with Gasteiger partial charge in [-0.25, -0.2) is 0 Å². The molecule has 1 aliphatic rings. The molecule has 118 valence electrons. The van der Waals surface area contributed by atoms with Crippen molar-refractivity contribution in [2.24, 2.45) is 5.73 Å². The molecule has 1 aliphatic heterocycles. The minimum atomic E-state index is -0.573. The topological polar surface area (TPSA) is 91.8 Å². The van der Waals surface area contributed by atoms with Gasteiger partial charge in [-0.1, -0.05) is 0 Å². The standard InChI is InChI=1S/C17H15NO5/c1-9-3-4-11(22-9)7-14-16(20)12-5-6-13(21-8-15(18)19)10(2)17(12)23-14/h3-7H,8H2,1-2H3,(H2,18,19)/b14-7-. The van der Waals surface area contributed by atoms with E-state index in [1.165, 1.54) is 0 Å². The second-order valence-electron chi connectivity index (χ2n) is 5.21. The summed E-state index contributed by atoms with van der Waals surface area (Å²) in [6.07, 6.45) is 1.55. The summed E-state index contributed by atoms with van der Waals surface area (Å²) < 4.78 is 16.4. The summed E-state index contributed by atoms with van der Waals surface area (Å²) in [7, 11) is 0. The number of hydrogen-bond acceptors (Lipinski definition) is 5. The number of nitrogens with two attached hydrogens (primary N) is 1. The van der Waals surface area contributed by atoms with E-state index in [1.807, 2.05) is 6.92 Å². The maximum Gasteiger partial charge on any atom is 0.255 e. The highest BCUT2D eigenvalue weighted by Gasteiger charge is 2.30. The molecule has 3 rings (SSSR count). The first-order valence-electron chi connectivity index (χ1n) is 7.01. The van der Waals surface area contributed by atoms with Crippen LogP contribution in [0.3, 0.4) is 0 Å². The van der Waals surface area contributed by atoms with Gasteiger partial charge < -0.3 is 19.6 Å². The molecule has 6 nitrogen and oxygen atoms in total. The van der Waals surface area contributed by atoms with Gasteiger partial charge in [0.1, 0.15) is 23.0 Å². The summed E-state index contributed by atoms with van der Waals surface area (Å²) in [5.74, 6) is 1.55. The van der Waals surface area contributed by atoms with E-state index < -0.39 is 5.91 Å². The van der Waals surface area contributed by atoms with Crippen molar-refractivity contribution in [2.45, 2.75) is 13.8 Å². The van der Waals surface area contributed by atoms with Crippen LogP contribution in [-0.4, -0.2) is 18.3 Å². The zero-order valence-corrected chi connectivity index (χ0v) is 12.7. The molecule has 0 aliphatic carbocycles. The average molecular weight is 313 g/mol. The Labute approximate surface area is 132 Å². The first kappa shape index (κ1) is 14.9. The molecule has 0 radical (unpaired) electrons. The molecule has 1 aromatic heterocycles. The second kappa shape index (κ2) is 5.64. The maximum absolute atomic E-state index is 12.4. The lowest BCUT2D eigenvalue weighted by molar-refractivity contribution is -0.119. The molecule has 0 bridgehead atoms. The minimum Gasteiger partial charge on any atom is -0.483 e. The molecule has 0 saturated heterocycles. The van der Waals surface area contributed by atoms with Crippen LogP contribution in [-0.2, 0) is 4.79 Å². The second-order valence-corrected chi connectivity index (χ2v) is 5.21. The summed E-state index contributed by atoms with van der Waals surface area (Å²) in [6.45, 7) is 3.34. The molecule has 0 spiro atoms. The number of fused-ring (bicyclic) bond motifs is 1. The van der Waals surface area contributed by atoms with Crippen molar-refractivity contribution in [3.63, 3.8) is 0 Å². The van der Waals surface area contributed by atoms with Gasteiger partial charge in [-0.05, 0) is 38.1 Å². The first-order valence-corrected chi connectivity index (χ1v) is 7.01. The monoisotopic (exact) mass is 313 g/mol. The lowest BCUT2D eigenvalue weighted by Gasteiger charge is -2.09. The summed E-state index contributed by atoms with van der Waals surface area (Å²) in [5, 5.41) is 0. The van der Waals surface area contributed by atoms with Crippen LogP contribution in [0.4, 0.5) is 0 Å². The zero-order chi connectivity index (χ0) is 16.6. The van der Waals surface area contributed by atoms with Crippen LogP contribution >= 0.6 is 0 Å². The van der Waals surface area contributed by atoms with Crippen LogP contribution in [0.1, 0.15) is 27.4 Å². The van der Waals surface area contributed by atoms with E-state index in [9.17, 15) is 9.59 Å². The van der Waals surface area contributed by atoms with Gasteiger partial charge in [-0.3, -0.25) is 9.59 Å². The van der Waals surface area contributed by atoms with Gasteiger partial charge in [0, 0.05) is 11.6 Å². The number of allylic oxidation sites excluding steroid dienone is 1. The maximum atomic E-state index is 12.4. The summed E-state index contributed by atoms with van der Waals surface area (Å²) in [6, 6.07) is 6.80. The Morgan fingerprint density at radius 2 is 2.04 bits per heavy atom. The van der Waals surface area contributed by atoms with Gasteiger partial charge >= 0.3 is 0 Å². The number of amides is 1. The molecule has 0 unspecified atom stereocenters. The third-order valence-electron chi connectivity index (χ3n) is 3.44. The van der Waals surface area contributed by atoms with Crippen molar-refractivity contribution in [1.29, 1.82) is 0 Å².